The molecule has 2 rings (SSSR count). The van der Waals surface area contributed by atoms with E-state index < -0.39 is 0 Å². The molecule has 1 N–H and O–H groups in total. The number of hydrogen-bond donors (Lipinski definition) is 1. The van der Waals surface area contributed by atoms with Crippen LogP contribution in [-0.2, 0) is 6.42 Å². The third kappa shape index (κ3) is 2.78. The second kappa shape index (κ2) is 4.72. The first kappa shape index (κ1) is 9.16. The maximum absolute atomic E-state index is 4.25. The van der Waals surface area contributed by atoms with Crippen LogP contribution in [0.25, 0.3) is 0 Å². The number of thiazole rings is 1. The predicted octanol–water partition coefficient (Wildman–Crippen LogP) is 2.08. The normalized spacial score (nSPS) is 17.2. The fraction of sp³-hybridized carbons (Fsp3) is 0.700. The van der Waals surface area contributed by atoms with E-state index in [0.29, 0.717) is 0 Å². The minimum absolute atomic E-state index is 0.969. The molecule has 2 nitrogen and oxygen atoms in total. The Kier molecular flexibility index (Phi) is 3.33. The van der Waals surface area contributed by atoms with E-state index in [1.54, 1.807) is 11.3 Å². The lowest BCUT2D eigenvalue weighted by molar-refractivity contribution is 0.303. The highest BCUT2D eigenvalue weighted by Crippen LogP contribution is 2.24. The van der Waals surface area contributed by atoms with Crippen LogP contribution in [0.15, 0.2) is 11.6 Å². The lowest BCUT2D eigenvalue weighted by atomic mass is 9.85. The predicted molar refractivity (Wildman–Crippen MR) is 56.0 cm³/mol. The molecule has 1 saturated carbocycles. The van der Waals surface area contributed by atoms with Crippen molar-refractivity contribution < 1.29 is 0 Å². The van der Waals surface area contributed by atoms with Crippen LogP contribution in [0.3, 0.4) is 0 Å². The van der Waals surface area contributed by atoms with Crippen molar-refractivity contribution in [3.63, 3.8) is 0 Å². The first-order chi connectivity index (χ1) is 6.45. The molecule has 1 aromatic rings. The molecule has 0 saturated heterocycles. The Labute approximate surface area is 83.4 Å². The summed E-state index contributed by atoms with van der Waals surface area (Å²) in [6, 6.07) is 0. The molecule has 1 aliphatic rings. The Morgan fingerprint density at radius 2 is 2.46 bits per heavy atom. The molecule has 1 heterocycles. The summed E-state index contributed by atoms with van der Waals surface area (Å²) in [5.74, 6) is 0.969. The lowest BCUT2D eigenvalue weighted by Crippen LogP contribution is -2.28. The van der Waals surface area contributed by atoms with Gasteiger partial charge in [-0.1, -0.05) is 6.42 Å². The van der Waals surface area contributed by atoms with Gasteiger partial charge in [0.15, 0.2) is 0 Å². The van der Waals surface area contributed by atoms with Crippen LogP contribution < -0.4 is 5.32 Å². The second-order valence-electron chi connectivity index (χ2n) is 3.68. The van der Waals surface area contributed by atoms with Crippen molar-refractivity contribution >= 4 is 11.3 Å². The minimum Gasteiger partial charge on any atom is -0.316 e. The van der Waals surface area contributed by atoms with Crippen LogP contribution in [0.1, 0.15) is 24.3 Å². The zero-order valence-corrected chi connectivity index (χ0v) is 8.65. The molecule has 0 amide bonds. The zero-order valence-electron chi connectivity index (χ0n) is 7.83. The van der Waals surface area contributed by atoms with Crippen molar-refractivity contribution in [1.82, 2.24) is 10.3 Å². The fourth-order valence-electron chi connectivity index (χ4n) is 1.57. The summed E-state index contributed by atoms with van der Waals surface area (Å²) in [5.41, 5.74) is 0. The summed E-state index contributed by atoms with van der Waals surface area (Å²) in [4.78, 5) is 4.25. The van der Waals surface area contributed by atoms with Crippen molar-refractivity contribution in [1.29, 1.82) is 0 Å². The van der Waals surface area contributed by atoms with Crippen molar-refractivity contribution in [2.75, 3.05) is 13.1 Å². The quantitative estimate of drug-likeness (QED) is 0.729. The minimum atomic E-state index is 0.969. The molecular weight excluding hydrogens is 180 g/mol. The van der Waals surface area contributed by atoms with E-state index in [0.717, 1.165) is 18.9 Å². The topological polar surface area (TPSA) is 24.9 Å². The summed E-state index contributed by atoms with van der Waals surface area (Å²) in [6.07, 6.45) is 7.28. The third-order valence-electron chi connectivity index (χ3n) is 2.66. The van der Waals surface area contributed by atoms with Gasteiger partial charge in [-0.15, -0.1) is 11.3 Å². The molecule has 1 fully saturated rings. The van der Waals surface area contributed by atoms with Crippen LogP contribution in [0.4, 0.5) is 0 Å². The van der Waals surface area contributed by atoms with Crippen molar-refractivity contribution in [3.8, 4) is 0 Å². The maximum atomic E-state index is 4.25. The molecule has 0 aromatic carbocycles. The molecule has 1 aliphatic carbocycles. The fourth-order valence-corrected chi connectivity index (χ4v) is 2.20. The number of nitrogens with zero attached hydrogens (tertiary/aromatic N) is 1. The smallest absolute Gasteiger partial charge is 0.0937 e. The summed E-state index contributed by atoms with van der Waals surface area (Å²) in [5, 5.41) is 6.79. The van der Waals surface area contributed by atoms with Crippen LogP contribution in [-0.4, -0.2) is 18.1 Å². The van der Waals surface area contributed by atoms with Gasteiger partial charge in [0.05, 0.1) is 5.01 Å². The van der Waals surface area contributed by atoms with Gasteiger partial charge < -0.3 is 5.32 Å². The molecule has 72 valence electrons. The van der Waals surface area contributed by atoms with E-state index in [2.05, 4.69) is 10.3 Å². The highest BCUT2D eigenvalue weighted by Gasteiger charge is 2.15. The summed E-state index contributed by atoms with van der Waals surface area (Å²) >= 11 is 1.75. The molecule has 1 aromatic heterocycles. The van der Waals surface area contributed by atoms with Crippen LogP contribution in [0, 0.1) is 5.92 Å². The lowest BCUT2D eigenvalue weighted by Gasteiger charge is -2.25. The van der Waals surface area contributed by atoms with Gasteiger partial charge in [-0.25, -0.2) is 4.98 Å². The van der Waals surface area contributed by atoms with Gasteiger partial charge in [0, 0.05) is 24.5 Å². The van der Waals surface area contributed by atoms with Gasteiger partial charge in [-0.3, -0.25) is 0 Å². The summed E-state index contributed by atoms with van der Waals surface area (Å²) < 4.78 is 0. The van der Waals surface area contributed by atoms with Crippen molar-refractivity contribution in [2.45, 2.75) is 25.7 Å². The first-order valence-corrected chi connectivity index (χ1v) is 5.92. The highest BCUT2D eigenvalue weighted by atomic mass is 32.1. The average Bonchev–Trinajstić information content (AvgIpc) is 2.53. The largest absolute Gasteiger partial charge is 0.316 e. The highest BCUT2D eigenvalue weighted by molar-refractivity contribution is 7.09. The van der Waals surface area contributed by atoms with E-state index >= 15 is 0 Å². The van der Waals surface area contributed by atoms with Crippen LogP contribution in [0.5, 0.6) is 0 Å². The van der Waals surface area contributed by atoms with Gasteiger partial charge in [0.1, 0.15) is 0 Å². The molecule has 3 heteroatoms. The summed E-state index contributed by atoms with van der Waals surface area (Å²) in [7, 11) is 0. The van der Waals surface area contributed by atoms with Crippen molar-refractivity contribution in [2.24, 2.45) is 5.92 Å². The SMILES string of the molecule is c1csc(CCNCC2CCC2)n1. The Morgan fingerprint density at radius 3 is 3.08 bits per heavy atom. The van der Waals surface area contributed by atoms with Crippen LogP contribution in [0.2, 0.25) is 0 Å². The first-order valence-electron chi connectivity index (χ1n) is 5.04. The maximum Gasteiger partial charge on any atom is 0.0937 e. The van der Waals surface area contributed by atoms with E-state index in [-0.39, 0.29) is 0 Å². The molecule has 0 unspecified atom stereocenters. The Balaban J connectivity index is 1.53. The number of nitrogens with one attached hydrogen (secondary N) is 1. The van der Waals surface area contributed by atoms with E-state index in [9.17, 15) is 0 Å². The molecular formula is C10H16N2S. The molecule has 0 atom stereocenters. The van der Waals surface area contributed by atoms with Gasteiger partial charge in [-0.2, -0.15) is 0 Å². The molecule has 0 radical (unpaired) electrons. The Bertz CT molecular complexity index is 229. The van der Waals surface area contributed by atoms with Crippen LogP contribution >= 0.6 is 11.3 Å². The molecule has 0 aliphatic heterocycles. The molecule has 13 heavy (non-hydrogen) atoms. The van der Waals surface area contributed by atoms with E-state index in [1.165, 1.54) is 30.8 Å². The summed E-state index contributed by atoms with van der Waals surface area (Å²) in [6.45, 7) is 2.30. The molecule has 0 spiro atoms. The second-order valence-corrected chi connectivity index (χ2v) is 4.66. The Hall–Kier alpha value is -0.410. The number of rotatable bonds is 5. The number of aromatic nitrogens is 1. The number of hydrogen-bond acceptors (Lipinski definition) is 3. The van der Waals surface area contributed by atoms with Crippen molar-refractivity contribution in [3.05, 3.63) is 16.6 Å². The average molecular weight is 196 g/mol. The van der Waals surface area contributed by atoms with Gasteiger partial charge in [0.2, 0.25) is 0 Å². The third-order valence-corrected chi connectivity index (χ3v) is 3.50. The van der Waals surface area contributed by atoms with E-state index in [4.69, 9.17) is 0 Å². The van der Waals surface area contributed by atoms with Gasteiger partial charge in [0.25, 0.3) is 0 Å². The zero-order chi connectivity index (χ0) is 8.93. The van der Waals surface area contributed by atoms with Gasteiger partial charge in [-0.05, 0) is 25.3 Å². The molecule has 0 bridgehead atoms. The van der Waals surface area contributed by atoms with Gasteiger partial charge >= 0.3 is 0 Å². The standard InChI is InChI=1S/C10H16N2S/c1-2-9(3-1)8-11-5-4-10-12-6-7-13-10/h6-7,9,11H,1-5,8H2. The van der Waals surface area contributed by atoms with E-state index in [1.807, 2.05) is 11.6 Å². The monoisotopic (exact) mass is 196 g/mol. The Morgan fingerprint density at radius 1 is 1.54 bits per heavy atom.